The maximum Gasteiger partial charge on any atom is 0.272 e. The van der Waals surface area contributed by atoms with Gasteiger partial charge in [-0.2, -0.15) is 0 Å². The van der Waals surface area contributed by atoms with E-state index >= 15 is 0 Å². The summed E-state index contributed by atoms with van der Waals surface area (Å²) in [6, 6.07) is 14.0. The fraction of sp³-hybridized carbons (Fsp3) is 0.429. The van der Waals surface area contributed by atoms with Gasteiger partial charge in [0.25, 0.3) is 5.69 Å². The molecule has 142 valence electrons. The standard InChI is InChI=1S/C21H25N3O3/c1-15-6-7-16(10-19(15)24(26)27)11-22-13-20(21(25)14-22)23-9-8-17-4-2-3-5-18(17)12-23/h2-7,10,20-21,25H,8-9,11-14H2,1H3. The second-order valence-electron chi connectivity index (χ2n) is 7.70. The Bertz CT molecular complexity index is 854. The molecule has 0 spiro atoms. The van der Waals surface area contributed by atoms with Gasteiger partial charge in [-0.3, -0.25) is 19.9 Å². The summed E-state index contributed by atoms with van der Waals surface area (Å²) in [5.74, 6) is 0. The molecule has 27 heavy (non-hydrogen) atoms. The van der Waals surface area contributed by atoms with Crippen molar-refractivity contribution < 1.29 is 10.0 Å². The largest absolute Gasteiger partial charge is 0.390 e. The van der Waals surface area contributed by atoms with Gasteiger partial charge >= 0.3 is 0 Å². The second kappa shape index (κ2) is 7.38. The summed E-state index contributed by atoms with van der Waals surface area (Å²) in [5, 5.41) is 21.8. The van der Waals surface area contributed by atoms with Crippen LogP contribution in [-0.4, -0.2) is 51.6 Å². The minimum absolute atomic E-state index is 0.110. The van der Waals surface area contributed by atoms with Gasteiger partial charge in [0.2, 0.25) is 0 Å². The van der Waals surface area contributed by atoms with Crippen molar-refractivity contribution in [3.05, 3.63) is 74.8 Å². The zero-order valence-corrected chi connectivity index (χ0v) is 15.5. The fourth-order valence-corrected chi connectivity index (χ4v) is 4.34. The minimum Gasteiger partial charge on any atom is -0.390 e. The number of β-amino-alcohol motifs (C(OH)–C–C–N with tert-alkyl or cyclic N) is 1. The number of nitro benzene ring substituents is 1. The van der Waals surface area contributed by atoms with Crippen molar-refractivity contribution in [2.24, 2.45) is 0 Å². The topological polar surface area (TPSA) is 69.8 Å². The third kappa shape index (κ3) is 3.74. The summed E-state index contributed by atoms with van der Waals surface area (Å²) in [4.78, 5) is 15.4. The van der Waals surface area contributed by atoms with E-state index in [0.717, 1.165) is 31.6 Å². The lowest BCUT2D eigenvalue weighted by atomic mass is 9.98. The van der Waals surface area contributed by atoms with Crippen LogP contribution < -0.4 is 0 Å². The van der Waals surface area contributed by atoms with Crippen LogP contribution >= 0.6 is 0 Å². The van der Waals surface area contributed by atoms with Gasteiger partial charge in [-0.25, -0.2) is 0 Å². The fourth-order valence-electron chi connectivity index (χ4n) is 4.34. The molecule has 6 nitrogen and oxygen atoms in total. The monoisotopic (exact) mass is 367 g/mol. The number of likely N-dealkylation sites (tertiary alicyclic amines) is 1. The molecule has 0 aromatic heterocycles. The van der Waals surface area contributed by atoms with E-state index in [9.17, 15) is 15.2 Å². The molecule has 0 amide bonds. The Morgan fingerprint density at radius 3 is 2.74 bits per heavy atom. The molecule has 1 saturated heterocycles. The maximum absolute atomic E-state index is 11.2. The van der Waals surface area contributed by atoms with Crippen molar-refractivity contribution in [2.45, 2.75) is 38.6 Å². The van der Waals surface area contributed by atoms with Gasteiger partial charge < -0.3 is 5.11 Å². The Balaban J connectivity index is 1.43. The molecule has 1 fully saturated rings. The van der Waals surface area contributed by atoms with Crippen LogP contribution in [0, 0.1) is 17.0 Å². The number of aliphatic hydroxyl groups is 1. The molecule has 6 heteroatoms. The van der Waals surface area contributed by atoms with Gasteiger partial charge in [-0.05, 0) is 30.0 Å². The predicted molar refractivity (Wildman–Crippen MR) is 103 cm³/mol. The van der Waals surface area contributed by atoms with Gasteiger partial charge in [-0.1, -0.05) is 36.4 Å². The Kier molecular flexibility index (Phi) is 4.95. The maximum atomic E-state index is 11.2. The quantitative estimate of drug-likeness (QED) is 0.664. The summed E-state index contributed by atoms with van der Waals surface area (Å²) >= 11 is 0. The van der Waals surface area contributed by atoms with Crippen LogP contribution in [0.25, 0.3) is 0 Å². The molecular formula is C21H25N3O3. The number of fused-ring (bicyclic) bond motifs is 1. The number of nitrogens with zero attached hydrogens (tertiary/aromatic N) is 3. The Morgan fingerprint density at radius 2 is 1.96 bits per heavy atom. The first-order valence-corrected chi connectivity index (χ1v) is 9.46. The van der Waals surface area contributed by atoms with Crippen LogP contribution in [0.2, 0.25) is 0 Å². The highest BCUT2D eigenvalue weighted by atomic mass is 16.6. The molecule has 2 aliphatic rings. The highest BCUT2D eigenvalue weighted by Gasteiger charge is 2.36. The van der Waals surface area contributed by atoms with Gasteiger partial charge in [0.1, 0.15) is 0 Å². The van der Waals surface area contributed by atoms with Crippen LogP contribution in [0.1, 0.15) is 22.3 Å². The van der Waals surface area contributed by atoms with Gasteiger partial charge in [0, 0.05) is 50.4 Å². The lowest BCUT2D eigenvalue weighted by Gasteiger charge is -2.34. The van der Waals surface area contributed by atoms with E-state index in [-0.39, 0.29) is 16.7 Å². The molecule has 2 aromatic rings. The van der Waals surface area contributed by atoms with E-state index in [1.54, 1.807) is 19.1 Å². The third-order valence-corrected chi connectivity index (χ3v) is 5.84. The zero-order chi connectivity index (χ0) is 19.0. The third-order valence-electron chi connectivity index (χ3n) is 5.84. The SMILES string of the molecule is Cc1ccc(CN2CC(O)C(N3CCc4ccccc4C3)C2)cc1[N+](=O)[O-]. The van der Waals surface area contributed by atoms with Crippen molar-refractivity contribution >= 4 is 5.69 Å². The highest BCUT2D eigenvalue weighted by Crippen LogP contribution is 2.26. The molecule has 2 aliphatic heterocycles. The van der Waals surface area contributed by atoms with E-state index in [1.165, 1.54) is 11.1 Å². The average molecular weight is 367 g/mol. The van der Waals surface area contributed by atoms with Crippen LogP contribution in [0.3, 0.4) is 0 Å². The summed E-state index contributed by atoms with van der Waals surface area (Å²) < 4.78 is 0. The molecule has 2 atom stereocenters. The first-order chi connectivity index (χ1) is 13.0. The minimum atomic E-state index is -0.393. The molecule has 2 heterocycles. The molecule has 0 bridgehead atoms. The summed E-state index contributed by atoms with van der Waals surface area (Å²) in [6.45, 7) is 5.60. The Morgan fingerprint density at radius 1 is 1.19 bits per heavy atom. The first kappa shape index (κ1) is 18.1. The van der Waals surface area contributed by atoms with Gasteiger partial charge in [0.15, 0.2) is 0 Å². The lowest BCUT2D eigenvalue weighted by Crippen LogP contribution is -2.45. The molecular weight excluding hydrogens is 342 g/mol. The highest BCUT2D eigenvalue weighted by molar-refractivity contribution is 5.42. The number of aliphatic hydroxyl groups excluding tert-OH is 1. The summed E-state index contributed by atoms with van der Waals surface area (Å²) in [7, 11) is 0. The van der Waals surface area contributed by atoms with Crippen LogP contribution in [0.15, 0.2) is 42.5 Å². The zero-order valence-electron chi connectivity index (χ0n) is 15.5. The Labute approximate surface area is 159 Å². The van der Waals surface area contributed by atoms with E-state index in [1.807, 2.05) is 6.07 Å². The van der Waals surface area contributed by atoms with Crippen LogP contribution in [-0.2, 0) is 19.5 Å². The first-order valence-electron chi connectivity index (χ1n) is 9.46. The van der Waals surface area contributed by atoms with Crippen LogP contribution in [0.4, 0.5) is 5.69 Å². The predicted octanol–water partition coefficient (Wildman–Crippen LogP) is 2.51. The molecule has 1 N–H and O–H groups in total. The van der Waals surface area contributed by atoms with E-state index in [4.69, 9.17) is 0 Å². The lowest BCUT2D eigenvalue weighted by molar-refractivity contribution is -0.385. The van der Waals surface area contributed by atoms with E-state index in [2.05, 4.69) is 34.1 Å². The van der Waals surface area contributed by atoms with Crippen molar-refractivity contribution in [1.82, 2.24) is 9.80 Å². The molecule has 4 rings (SSSR count). The number of rotatable bonds is 4. The number of hydrogen-bond donors (Lipinski definition) is 1. The van der Waals surface area contributed by atoms with Crippen LogP contribution in [0.5, 0.6) is 0 Å². The van der Waals surface area contributed by atoms with Crippen molar-refractivity contribution in [3.63, 3.8) is 0 Å². The number of hydrogen-bond acceptors (Lipinski definition) is 5. The van der Waals surface area contributed by atoms with Crippen molar-refractivity contribution in [1.29, 1.82) is 0 Å². The van der Waals surface area contributed by atoms with Gasteiger partial charge in [-0.15, -0.1) is 0 Å². The summed E-state index contributed by atoms with van der Waals surface area (Å²) in [6.07, 6.45) is 0.625. The number of nitro groups is 1. The van der Waals surface area contributed by atoms with Gasteiger partial charge in [0.05, 0.1) is 11.0 Å². The summed E-state index contributed by atoms with van der Waals surface area (Å²) in [5.41, 5.74) is 4.52. The van der Waals surface area contributed by atoms with E-state index in [0.29, 0.717) is 18.7 Å². The number of aryl methyl sites for hydroxylation is 1. The molecule has 2 aromatic carbocycles. The Hall–Kier alpha value is -2.28. The molecule has 0 radical (unpaired) electrons. The second-order valence-corrected chi connectivity index (χ2v) is 7.70. The normalized spacial score (nSPS) is 23.3. The van der Waals surface area contributed by atoms with Crippen molar-refractivity contribution in [2.75, 3.05) is 19.6 Å². The van der Waals surface area contributed by atoms with Crippen molar-refractivity contribution in [3.8, 4) is 0 Å². The number of benzene rings is 2. The molecule has 0 aliphatic carbocycles. The average Bonchev–Trinajstić information content (AvgIpc) is 3.03. The molecule has 2 unspecified atom stereocenters. The smallest absolute Gasteiger partial charge is 0.272 e. The van der Waals surface area contributed by atoms with E-state index < -0.39 is 6.10 Å². The molecule has 0 saturated carbocycles.